The van der Waals surface area contributed by atoms with Crippen LogP contribution >= 0.6 is 0 Å². The molecular formula is C18H33N3O. The van der Waals surface area contributed by atoms with Crippen LogP contribution in [-0.4, -0.2) is 72.0 Å². The molecule has 1 atom stereocenters. The number of rotatable bonds is 6. The van der Waals surface area contributed by atoms with Crippen LogP contribution in [0.2, 0.25) is 0 Å². The van der Waals surface area contributed by atoms with Crippen molar-refractivity contribution in [1.29, 1.82) is 0 Å². The minimum Gasteiger partial charge on any atom is -0.341 e. The van der Waals surface area contributed by atoms with Gasteiger partial charge in [0, 0.05) is 31.1 Å². The van der Waals surface area contributed by atoms with E-state index in [9.17, 15) is 4.79 Å². The highest BCUT2D eigenvalue weighted by Crippen LogP contribution is 2.31. The molecule has 2 saturated heterocycles. The van der Waals surface area contributed by atoms with Crippen molar-refractivity contribution in [2.75, 3.05) is 39.3 Å². The van der Waals surface area contributed by atoms with Crippen LogP contribution in [0.4, 0.5) is 0 Å². The maximum atomic E-state index is 12.9. The van der Waals surface area contributed by atoms with Crippen molar-refractivity contribution in [1.82, 2.24) is 14.7 Å². The first kappa shape index (κ1) is 16.3. The van der Waals surface area contributed by atoms with Crippen LogP contribution in [0.1, 0.15) is 52.4 Å². The van der Waals surface area contributed by atoms with Gasteiger partial charge in [-0.25, -0.2) is 0 Å². The minimum absolute atomic E-state index is 0.284. The quantitative estimate of drug-likeness (QED) is 0.752. The second-order valence-electron chi connectivity index (χ2n) is 7.34. The van der Waals surface area contributed by atoms with Gasteiger partial charge in [-0.05, 0) is 71.6 Å². The number of carbonyl (C=O) groups excluding carboxylic acids is 1. The topological polar surface area (TPSA) is 26.8 Å². The van der Waals surface area contributed by atoms with Gasteiger partial charge in [0.2, 0.25) is 5.91 Å². The summed E-state index contributed by atoms with van der Waals surface area (Å²) in [7, 11) is 0. The van der Waals surface area contributed by atoms with Gasteiger partial charge in [-0.15, -0.1) is 0 Å². The number of hydrogen-bond donors (Lipinski definition) is 0. The number of carbonyl (C=O) groups is 1. The zero-order valence-electron chi connectivity index (χ0n) is 14.5. The fourth-order valence-corrected chi connectivity index (χ4v) is 4.36. The van der Waals surface area contributed by atoms with Gasteiger partial charge < -0.3 is 9.80 Å². The van der Waals surface area contributed by atoms with Gasteiger partial charge in [-0.2, -0.15) is 0 Å². The summed E-state index contributed by atoms with van der Waals surface area (Å²) in [5, 5.41) is 0. The van der Waals surface area contributed by atoms with E-state index < -0.39 is 0 Å². The molecule has 2 heterocycles. The molecule has 0 bridgehead atoms. The molecular weight excluding hydrogens is 274 g/mol. The predicted octanol–water partition coefficient (Wildman–Crippen LogP) is 2.19. The zero-order chi connectivity index (χ0) is 15.5. The highest BCUT2D eigenvalue weighted by molar-refractivity contribution is 5.79. The van der Waals surface area contributed by atoms with E-state index in [0.29, 0.717) is 11.9 Å². The van der Waals surface area contributed by atoms with Crippen molar-refractivity contribution in [3.8, 4) is 0 Å². The summed E-state index contributed by atoms with van der Waals surface area (Å²) in [4.78, 5) is 20.2. The third-order valence-corrected chi connectivity index (χ3v) is 5.97. The summed E-state index contributed by atoms with van der Waals surface area (Å²) in [6, 6.07) is 1.45. The van der Waals surface area contributed by atoms with E-state index in [2.05, 4.69) is 28.5 Å². The Bertz CT molecular complexity index is 375. The van der Waals surface area contributed by atoms with E-state index in [1.807, 2.05) is 0 Å². The third kappa shape index (κ3) is 3.65. The molecule has 4 heteroatoms. The number of piperidine rings is 1. The zero-order valence-corrected chi connectivity index (χ0v) is 14.5. The number of likely N-dealkylation sites (N-methyl/N-ethyl adjacent to an activating group) is 2. The van der Waals surface area contributed by atoms with Gasteiger partial charge >= 0.3 is 0 Å². The molecule has 0 aromatic carbocycles. The summed E-state index contributed by atoms with van der Waals surface area (Å²) in [5.74, 6) is 0.715. The molecule has 1 unspecified atom stereocenters. The lowest BCUT2D eigenvalue weighted by Gasteiger charge is -2.36. The van der Waals surface area contributed by atoms with Crippen LogP contribution in [-0.2, 0) is 4.79 Å². The average Bonchev–Trinajstić information content (AvgIpc) is 3.31. The Labute approximate surface area is 135 Å². The van der Waals surface area contributed by atoms with E-state index in [4.69, 9.17) is 0 Å². The lowest BCUT2D eigenvalue weighted by atomic mass is 9.95. The lowest BCUT2D eigenvalue weighted by molar-refractivity contribution is -0.137. The molecule has 2 aliphatic heterocycles. The molecule has 1 amide bonds. The van der Waals surface area contributed by atoms with Crippen LogP contribution in [0, 0.1) is 5.92 Å². The predicted molar refractivity (Wildman–Crippen MR) is 89.8 cm³/mol. The molecule has 1 aliphatic carbocycles. The van der Waals surface area contributed by atoms with Crippen LogP contribution in [0.3, 0.4) is 0 Å². The van der Waals surface area contributed by atoms with Crippen LogP contribution in [0.25, 0.3) is 0 Å². The molecule has 4 nitrogen and oxygen atoms in total. The standard InChI is InChI=1S/C18H33N3O/c1-3-19-11-5-6-17(19)14-20(4-2)18(22)15-9-12-21(13-10-15)16-7-8-16/h15-17H,3-14H2,1-2H3. The Morgan fingerprint density at radius 3 is 2.36 bits per heavy atom. The number of hydrogen-bond acceptors (Lipinski definition) is 3. The second kappa shape index (κ2) is 7.31. The van der Waals surface area contributed by atoms with E-state index in [0.717, 1.165) is 51.6 Å². The summed E-state index contributed by atoms with van der Waals surface area (Å²) in [6.45, 7) is 10.8. The fraction of sp³-hybridized carbons (Fsp3) is 0.944. The fourth-order valence-electron chi connectivity index (χ4n) is 4.36. The third-order valence-electron chi connectivity index (χ3n) is 5.97. The van der Waals surface area contributed by atoms with Crippen LogP contribution < -0.4 is 0 Å². The van der Waals surface area contributed by atoms with Crippen LogP contribution in [0.15, 0.2) is 0 Å². The van der Waals surface area contributed by atoms with E-state index >= 15 is 0 Å². The molecule has 3 rings (SSSR count). The highest BCUT2D eigenvalue weighted by Gasteiger charge is 2.35. The molecule has 3 aliphatic rings. The largest absolute Gasteiger partial charge is 0.341 e. The molecule has 22 heavy (non-hydrogen) atoms. The number of nitrogens with zero attached hydrogens (tertiary/aromatic N) is 3. The van der Waals surface area contributed by atoms with Crippen molar-refractivity contribution < 1.29 is 4.79 Å². The molecule has 0 spiro atoms. The average molecular weight is 307 g/mol. The molecule has 0 aromatic heterocycles. The highest BCUT2D eigenvalue weighted by atomic mass is 16.2. The van der Waals surface area contributed by atoms with Crippen molar-refractivity contribution in [3.05, 3.63) is 0 Å². The molecule has 0 N–H and O–H groups in total. The van der Waals surface area contributed by atoms with Gasteiger partial charge in [0.05, 0.1) is 0 Å². The van der Waals surface area contributed by atoms with Crippen molar-refractivity contribution in [3.63, 3.8) is 0 Å². The Hall–Kier alpha value is -0.610. The normalized spacial score (nSPS) is 28.2. The molecule has 1 saturated carbocycles. The van der Waals surface area contributed by atoms with E-state index in [1.165, 1.54) is 32.2 Å². The van der Waals surface area contributed by atoms with Gasteiger partial charge in [0.15, 0.2) is 0 Å². The van der Waals surface area contributed by atoms with Crippen molar-refractivity contribution >= 4 is 5.91 Å². The molecule has 0 radical (unpaired) electrons. The first-order valence-corrected chi connectivity index (χ1v) is 9.49. The van der Waals surface area contributed by atoms with Gasteiger partial charge in [-0.1, -0.05) is 6.92 Å². The van der Waals surface area contributed by atoms with Gasteiger partial charge in [0.25, 0.3) is 0 Å². The Morgan fingerprint density at radius 1 is 1.05 bits per heavy atom. The molecule has 126 valence electrons. The first-order chi connectivity index (χ1) is 10.7. The summed E-state index contributed by atoms with van der Waals surface area (Å²) in [6.07, 6.45) is 7.48. The number of likely N-dealkylation sites (tertiary alicyclic amines) is 2. The number of amides is 1. The van der Waals surface area contributed by atoms with Crippen LogP contribution in [0.5, 0.6) is 0 Å². The smallest absolute Gasteiger partial charge is 0.225 e. The van der Waals surface area contributed by atoms with E-state index in [1.54, 1.807) is 0 Å². The lowest BCUT2D eigenvalue weighted by Crippen LogP contribution is -2.47. The van der Waals surface area contributed by atoms with Gasteiger partial charge in [0.1, 0.15) is 0 Å². The summed E-state index contributed by atoms with van der Waals surface area (Å²) in [5.41, 5.74) is 0. The maximum absolute atomic E-state index is 12.9. The summed E-state index contributed by atoms with van der Waals surface area (Å²) >= 11 is 0. The molecule has 3 fully saturated rings. The maximum Gasteiger partial charge on any atom is 0.225 e. The summed E-state index contributed by atoms with van der Waals surface area (Å²) < 4.78 is 0. The minimum atomic E-state index is 0.284. The van der Waals surface area contributed by atoms with Gasteiger partial charge in [-0.3, -0.25) is 9.69 Å². The van der Waals surface area contributed by atoms with E-state index in [-0.39, 0.29) is 5.92 Å². The Morgan fingerprint density at radius 2 is 1.77 bits per heavy atom. The second-order valence-corrected chi connectivity index (χ2v) is 7.34. The Balaban J connectivity index is 1.50. The molecule has 0 aromatic rings. The SMILES string of the molecule is CCN(CC1CCCN1CC)C(=O)C1CCN(C2CC2)CC1. The first-order valence-electron chi connectivity index (χ1n) is 9.49. The Kier molecular flexibility index (Phi) is 5.40. The van der Waals surface area contributed by atoms with Crippen molar-refractivity contribution in [2.45, 2.75) is 64.5 Å². The van der Waals surface area contributed by atoms with Crippen molar-refractivity contribution in [2.24, 2.45) is 5.92 Å². The monoisotopic (exact) mass is 307 g/mol.